The van der Waals surface area contributed by atoms with Crippen LogP contribution < -0.4 is 5.73 Å². The normalized spacial score (nSPS) is 18.5. The van der Waals surface area contributed by atoms with Crippen molar-refractivity contribution in [2.45, 2.75) is 52.0 Å². The maximum Gasteiger partial charge on any atom is 0.125 e. The van der Waals surface area contributed by atoms with Crippen molar-refractivity contribution in [3.8, 4) is 0 Å². The highest BCUT2D eigenvalue weighted by atomic mass is 15.3. The molecule has 0 spiro atoms. The van der Waals surface area contributed by atoms with Crippen LogP contribution in [0.1, 0.15) is 44.9 Å². The van der Waals surface area contributed by atoms with Gasteiger partial charge < -0.3 is 5.73 Å². The van der Waals surface area contributed by atoms with E-state index in [1.807, 2.05) is 4.68 Å². The van der Waals surface area contributed by atoms with Gasteiger partial charge in [-0.05, 0) is 24.7 Å². The lowest BCUT2D eigenvalue weighted by Gasteiger charge is -2.18. The van der Waals surface area contributed by atoms with Gasteiger partial charge >= 0.3 is 0 Å². The minimum absolute atomic E-state index is 0.228. The first kappa shape index (κ1) is 9.56. The second-order valence-corrected chi connectivity index (χ2v) is 4.81. The summed E-state index contributed by atoms with van der Waals surface area (Å²) in [5, 5.41) is 4.57. The first-order valence-corrected chi connectivity index (χ1v) is 5.42. The Kier molecular flexibility index (Phi) is 2.05. The first-order valence-electron chi connectivity index (χ1n) is 5.42. The summed E-state index contributed by atoms with van der Waals surface area (Å²) in [5.41, 5.74) is 8.86. The fourth-order valence-corrected chi connectivity index (χ4v) is 2.38. The van der Waals surface area contributed by atoms with Crippen molar-refractivity contribution >= 4 is 5.82 Å². The van der Waals surface area contributed by atoms with E-state index in [0.29, 0.717) is 0 Å². The van der Waals surface area contributed by atoms with Gasteiger partial charge in [0, 0.05) is 12.1 Å². The second kappa shape index (κ2) is 3.01. The Labute approximate surface area is 85.3 Å². The van der Waals surface area contributed by atoms with E-state index in [9.17, 15) is 0 Å². The summed E-state index contributed by atoms with van der Waals surface area (Å²) < 4.78 is 1.96. The first-order chi connectivity index (χ1) is 6.56. The highest BCUT2D eigenvalue weighted by Crippen LogP contribution is 2.41. The van der Waals surface area contributed by atoms with E-state index >= 15 is 0 Å². The molecule has 1 heterocycles. The van der Waals surface area contributed by atoms with Gasteiger partial charge in [0.2, 0.25) is 0 Å². The van der Waals surface area contributed by atoms with Gasteiger partial charge in [0.05, 0.1) is 5.69 Å². The molecule has 0 aromatic carbocycles. The number of rotatable bonds is 2. The minimum atomic E-state index is 0.228. The van der Waals surface area contributed by atoms with Crippen molar-refractivity contribution in [1.82, 2.24) is 9.78 Å². The van der Waals surface area contributed by atoms with Gasteiger partial charge in [0.15, 0.2) is 0 Å². The average Bonchev–Trinajstić information content (AvgIpc) is 2.55. The Balaban J connectivity index is 2.45. The monoisotopic (exact) mass is 193 g/mol. The second-order valence-electron chi connectivity index (χ2n) is 4.81. The van der Waals surface area contributed by atoms with Crippen molar-refractivity contribution < 1.29 is 0 Å². The van der Waals surface area contributed by atoms with E-state index in [1.165, 1.54) is 17.7 Å². The molecule has 0 atom stereocenters. The Morgan fingerprint density at radius 1 is 1.50 bits per heavy atom. The molecule has 2 N–H and O–H groups in total. The molecule has 0 fully saturated rings. The van der Waals surface area contributed by atoms with Crippen molar-refractivity contribution in [1.29, 1.82) is 0 Å². The molecule has 78 valence electrons. The summed E-state index contributed by atoms with van der Waals surface area (Å²) in [7, 11) is 0. The lowest BCUT2D eigenvalue weighted by atomic mass is 9.87. The van der Waals surface area contributed by atoms with Crippen LogP contribution >= 0.6 is 0 Å². The standard InChI is InChI=1S/C11H19N3/c1-4-7-14-10(12)9-8(13-14)5-6-11(9,2)3/h4-7,12H2,1-3H3. The zero-order valence-electron chi connectivity index (χ0n) is 9.30. The summed E-state index contributed by atoms with van der Waals surface area (Å²) >= 11 is 0. The van der Waals surface area contributed by atoms with E-state index in [2.05, 4.69) is 25.9 Å². The average molecular weight is 193 g/mol. The Morgan fingerprint density at radius 2 is 2.21 bits per heavy atom. The summed E-state index contributed by atoms with van der Waals surface area (Å²) in [5.74, 6) is 0.893. The SMILES string of the molecule is CCCn1nc2c(c1N)C(C)(C)CC2. The molecule has 1 aromatic heterocycles. The van der Waals surface area contributed by atoms with Gasteiger partial charge in [-0.15, -0.1) is 0 Å². The van der Waals surface area contributed by atoms with Crippen LogP contribution in [0.15, 0.2) is 0 Å². The number of aromatic nitrogens is 2. The molecule has 3 nitrogen and oxygen atoms in total. The van der Waals surface area contributed by atoms with Crippen LogP contribution in [0.3, 0.4) is 0 Å². The molecule has 3 heteroatoms. The lowest BCUT2D eigenvalue weighted by molar-refractivity contribution is 0.511. The molecule has 14 heavy (non-hydrogen) atoms. The molecule has 1 aliphatic rings. The molecule has 1 aliphatic carbocycles. The highest BCUT2D eigenvalue weighted by molar-refractivity contribution is 5.51. The van der Waals surface area contributed by atoms with Gasteiger partial charge in [0.25, 0.3) is 0 Å². The lowest BCUT2D eigenvalue weighted by Crippen LogP contribution is -2.15. The smallest absolute Gasteiger partial charge is 0.125 e. The Morgan fingerprint density at radius 3 is 2.79 bits per heavy atom. The summed E-state index contributed by atoms with van der Waals surface area (Å²) in [6, 6.07) is 0. The Bertz CT molecular complexity index is 350. The van der Waals surface area contributed by atoms with Crippen LogP contribution in [-0.4, -0.2) is 9.78 Å². The molecular formula is C11H19N3. The molecule has 0 saturated heterocycles. The minimum Gasteiger partial charge on any atom is -0.384 e. The summed E-state index contributed by atoms with van der Waals surface area (Å²) in [6.07, 6.45) is 3.36. The third-order valence-corrected chi connectivity index (χ3v) is 3.16. The van der Waals surface area contributed by atoms with Crippen LogP contribution in [0.25, 0.3) is 0 Å². The topological polar surface area (TPSA) is 43.8 Å². The van der Waals surface area contributed by atoms with Crippen LogP contribution in [-0.2, 0) is 18.4 Å². The van der Waals surface area contributed by atoms with Gasteiger partial charge in [-0.2, -0.15) is 5.10 Å². The number of fused-ring (bicyclic) bond motifs is 1. The predicted octanol–water partition coefficient (Wildman–Crippen LogP) is 2.10. The molecule has 1 aromatic rings. The molecule has 0 saturated carbocycles. The van der Waals surface area contributed by atoms with E-state index in [1.54, 1.807) is 0 Å². The molecule has 0 aliphatic heterocycles. The van der Waals surface area contributed by atoms with Crippen LogP contribution in [0, 0.1) is 0 Å². The third kappa shape index (κ3) is 1.22. The highest BCUT2D eigenvalue weighted by Gasteiger charge is 2.35. The number of hydrogen-bond acceptors (Lipinski definition) is 2. The fraction of sp³-hybridized carbons (Fsp3) is 0.727. The van der Waals surface area contributed by atoms with E-state index in [4.69, 9.17) is 5.73 Å². The number of nitrogens with two attached hydrogens (primary N) is 1. The van der Waals surface area contributed by atoms with Gasteiger partial charge in [0.1, 0.15) is 5.82 Å². The van der Waals surface area contributed by atoms with E-state index in [-0.39, 0.29) is 5.41 Å². The molecule has 2 rings (SSSR count). The van der Waals surface area contributed by atoms with Gasteiger partial charge in [-0.1, -0.05) is 20.8 Å². The summed E-state index contributed by atoms with van der Waals surface area (Å²) in [4.78, 5) is 0. The van der Waals surface area contributed by atoms with Crippen LogP contribution in [0.5, 0.6) is 0 Å². The van der Waals surface area contributed by atoms with Crippen molar-refractivity contribution in [2.24, 2.45) is 0 Å². The number of anilines is 1. The predicted molar refractivity (Wildman–Crippen MR) is 58.3 cm³/mol. The zero-order valence-corrected chi connectivity index (χ0v) is 9.30. The van der Waals surface area contributed by atoms with Gasteiger partial charge in [-0.25, -0.2) is 4.68 Å². The molecule has 0 unspecified atom stereocenters. The zero-order chi connectivity index (χ0) is 10.3. The molecule has 0 bridgehead atoms. The third-order valence-electron chi connectivity index (χ3n) is 3.16. The van der Waals surface area contributed by atoms with Crippen molar-refractivity contribution in [2.75, 3.05) is 5.73 Å². The maximum absolute atomic E-state index is 6.12. The number of nitrogens with zero attached hydrogens (tertiary/aromatic N) is 2. The van der Waals surface area contributed by atoms with Gasteiger partial charge in [-0.3, -0.25) is 0 Å². The van der Waals surface area contributed by atoms with E-state index in [0.717, 1.165) is 25.2 Å². The summed E-state index contributed by atoms with van der Waals surface area (Å²) in [6.45, 7) is 7.60. The van der Waals surface area contributed by atoms with Crippen molar-refractivity contribution in [3.05, 3.63) is 11.3 Å². The van der Waals surface area contributed by atoms with E-state index < -0.39 is 0 Å². The van der Waals surface area contributed by atoms with Crippen LogP contribution in [0.2, 0.25) is 0 Å². The quantitative estimate of drug-likeness (QED) is 0.781. The van der Waals surface area contributed by atoms with Crippen LogP contribution in [0.4, 0.5) is 5.82 Å². The molecule has 0 amide bonds. The largest absolute Gasteiger partial charge is 0.384 e. The van der Waals surface area contributed by atoms with Crippen molar-refractivity contribution in [3.63, 3.8) is 0 Å². The fourth-order valence-electron chi connectivity index (χ4n) is 2.38. The Hall–Kier alpha value is -0.990. The number of hydrogen-bond donors (Lipinski definition) is 1. The molecular weight excluding hydrogens is 174 g/mol. The number of nitrogen functional groups attached to an aromatic ring is 1. The number of aryl methyl sites for hydroxylation is 2. The molecule has 0 radical (unpaired) electrons. The maximum atomic E-state index is 6.12.